The van der Waals surface area contributed by atoms with Crippen molar-refractivity contribution in [2.45, 2.75) is 37.1 Å². The van der Waals surface area contributed by atoms with Gasteiger partial charge in [-0.2, -0.15) is 0 Å². The highest BCUT2D eigenvalue weighted by atomic mass is 16.6. The van der Waals surface area contributed by atoms with E-state index in [9.17, 15) is 15.0 Å². The van der Waals surface area contributed by atoms with Crippen molar-refractivity contribution in [2.24, 2.45) is 11.8 Å². The Hall–Kier alpha value is -1.89. The van der Waals surface area contributed by atoms with Crippen molar-refractivity contribution in [1.82, 2.24) is 0 Å². The number of rotatable bonds is 1. The molecule has 132 valence electrons. The highest BCUT2D eigenvalue weighted by Crippen LogP contribution is 2.64. The third-order valence-electron chi connectivity index (χ3n) is 6.59. The van der Waals surface area contributed by atoms with Crippen LogP contribution in [-0.4, -0.2) is 35.5 Å². The van der Waals surface area contributed by atoms with Crippen molar-refractivity contribution in [1.29, 1.82) is 0 Å². The van der Waals surface area contributed by atoms with Gasteiger partial charge in [0.1, 0.15) is 23.2 Å². The Balaban J connectivity index is 1.87. The minimum absolute atomic E-state index is 0.103. The number of aliphatic hydroxyl groups is 2. The van der Waals surface area contributed by atoms with E-state index in [1.165, 1.54) is 0 Å². The number of Topliss-reactive ketones (excluding diaryl/α,β-unsaturated/α-hetero) is 1. The molecule has 2 bridgehead atoms. The lowest BCUT2D eigenvalue weighted by molar-refractivity contribution is -0.263. The molecule has 1 aromatic heterocycles. The molecule has 2 heterocycles. The van der Waals surface area contributed by atoms with Gasteiger partial charge in [-0.05, 0) is 24.1 Å². The molecule has 1 saturated heterocycles. The Morgan fingerprint density at radius 1 is 1.40 bits per heavy atom. The fourth-order valence-corrected chi connectivity index (χ4v) is 5.45. The maximum atomic E-state index is 12.3. The van der Waals surface area contributed by atoms with Crippen molar-refractivity contribution in [3.63, 3.8) is 0 Å². The van der Waals surface area contributed by atoms with Crippen LogP contribution in [0.3, 0.4) is 0 Å². The van der Waals surface area contributed by atoms with Crippen LogP contribution in [0, 0.1) is 11.8 Å². The normalized spacial score (nSPS) is 39.4. The zero-order valence-corrected chi connectivity index (χ0v) is 14.1. The van der Waals surface area contributed by atoms with Crippen molar-refractivity contribution in [2.75, 3.05) is 13.7 Å². The van der Waals surface area contributed by atoms with Crippen molar-refractivity contribution < 1.29 is 28.9 Å². The van der Waals surface area contributed by atoms with E-state index in [1.807, 2.05) is 13.0 Å². The van der Waals surface area contributed by atoms with E-state index in [4.69, 9.17) is 13.9 Å². The minimum atomic E-state index is -1.78. The van der Waals surface area contributed by atoms with E-state index < -0.39 is 23.2 Å². The van der Waals surface area contributed by atoms with Crippen LogP contribution < -0.4 is 4.74 Å². The molecule has 0 amide bonds. The van der Waals surface area contributed by atoms with Crippen LogP contribution in [0.5, 0.6) is 5.75 Å². The number of ether oxygens (including phenoxy) is 2. The molecule has 6 heteroatoms. The van der Waals surface area contributed by atoms with Gasteiger partial charge in [-0.25, -0.2) is 0 Å². The predicted molar refractivity (Wildman–Crippen MR) is 87.2 cm³/mol. The topological polar surface area (TPSA) is 89.1 Å². The molecule has 1 aliphatic heterocycles. The van der Waals surface area contributed by atoms with Gasteiger partial charge in [0.05, 0.1) is 25.4 Å². The highest BCUT2D eigenvalue weighted by Gasteiger charge is 2.70. The lowest BCUT2D eigenvalue weighted by atomic mass is 9.53. The van der Waals surface area contributed by atoms with Gasteiger partial charge in [0.15, 0.2) is 0 Å². The summed E-state index contributed by atoms with van der Waals surface area (Å²) in [7, 11) is 1.59. The van der Waals surface area contributed by atoms with Crippen LogP contribution >= 0.6 is 0 Å². The summed E-state index contributed by atoms with van der Waals surface area (Å²) in [5, 5.41) is 23.0. The summed E-state index contributed by atoms with van der Waals surface area (Å²) in [5.74, 6) is -1.89. The first-order valence-corrected chi connectivity index (χ1v) is 8.60. The summed E-state index contributed by atoms with van der Waals surface area (Å²) in [4.78, 5) is 12.3. The van der Waals surface area contributed by atoms with Crippen molar-refractivity contribution >= 4 is 16.8 Å². The van der Waals surface area contributed by atoms with Gasteiger partial charge >= 0.3 is 0 Å². The monoisotopic (exact) mass is 344 g/mol. The van der Waals surface area contributed by atoms with Gasteiger partial charge < -0.3 is 24.1 Å². The summed E-state index contributed by atoms with van der Waals surface area (Å²) < 4.78 is 17.0. The lowest BCUT2D eigenvalue weighted by Gasteiger charge is -2.50. The summed E-state index contributed by atoms with van der Waals surface area (Å²) in [6.07, 6.45) is 1.28. The summed E-state index contributed by atoms with van der Waals surface area (Å²) in [6.45, 7) is 2.09. The predicted octanol–water partition coefficient (Wildman–Crippen LogP) is 2.06. The molecule has 2 aromatic rings. The van der Waals surface area contributed by atoms with E-state index in [2.05, 4.69) is 0 Å². The molecule has 25 heavy (non-hydrogen) atoms. The van der Waals surface area contributed by atoms with Gasteiger partial charge in [-0.15, -0.1) is 0 Å². The average Bonchev–Trinajstić information content (AvgIpc) is 3.19. The zero-order valence-electron chi connectivity index (χ0n) is 14.1. The third kappa shape index (κ3) is 1.58. The van der Waals surface area contributed by atoms with Crippen LogP contribution in [0.25, 0.3) is 11.0 Å². The lowest BCUT2D eigenvalue weighted by Crippen LogP contribution is -2.57. The first-order chi connectivity index (χ1) is 11.9. The molecule has 5 rings (SSSR count). The number of benzene rings is 1. The SMILES string of the molecule is COc1cc2c(c3occc13)[C@@H](O)[C@@]1(O)OC[C@@]23CCC(=O)[C@@H](C)[C@@H]31. The van der Waals surface area contributed by atoms with Crippen LogP contribution in [0.15, 0.2) is 22.8 Å². The number of carbonyl (C=O) groups excluding carboxylic acids is 1. The molecule has 2 N–H and O–H groups in total. The van der Waals surface area contributed by atoms with E-state index in [1.54, 1.807) is 19.4 Å². The fourth-order valence-electron chi connectivity index (χ4n) is 5.45. The third-order valence-corrected chi connectivity index (χ3v) is 6.59. The van der Waals surface area contributed by atoms with Crippen LogP contribution in [0.2, 0.25) is 0 Å². The minimum Gasteiger partial charge on any atom is -0.496 e. The van der Waals surface area contributed by atoms with Gasteiger partial charge in [0, 0.05) is 29.2 Å². The smallest absolute Gasteiger partial charge is 0.201 e. The molecular weight excluding hydrogens is 324 g/mol. The Labute approximate surface area is 144 Å². The van der Waals surface area contributed by atoms with Gasteiger partial charge in [-0.1, -0.05) is 6.92 Å². The molecule has 5 atom stereocenters. The second kappa shape index (κ2) is 4.63. The molecule has 1 saturated carbocycles. The number of fused-ring (bicyclic) bond motifs is 3. The van der Waals surface area contributed by atoms with E-state index >= 15 is 0 Å². The molecule has 0 spiro atoms. The second-order valence-electron chi connectivity index (χ2n) is 7.54. The molecule has 2 aliphatic carbocycles. The molecule has 1 aromatic carbocycles. The Morgan fingerprint density at radius 3 is 2.96 bits per heavy atom. The number of ketones is 1. The summed E-state index contributed by atoms with van der Waals surface area (Å²) in [6, 6.07) is 3.70. The molecule has 3 aliphatic rings. The van der Waals surface area contributed by atoms with Crippen LogP contribution in [-0.2, 0) is 14.9 Å². The quantitative estimate of drug-likeness (QED) is 0.823. The first-order valence-electron chi connectivity index (χ1n) is 8.60. The molecular formula is C19H20O6. The Morgan fingerprint density at radius 2 is 2.20 bits per heavy atom. The maximum absolute atomic E-state index is 12.3. The fraction of sp³-hybridized carbons (Fsp3) is 0.526. The van der Waals surface area contributed by atoms with Crippen LogP contribution in [0.4, 0.5) is 0 Å². The number of furan rings is 1. The molecule has 0 radical (unpaired) electrons. The van der Waals surface area contributed by atoms with Crippen molar-refractivity contribution in [3.05, 3.63) is 29.5 Å². The van der Waals surface area contributed by atoms with E-state index in [0.29, 0.717) is 29.7 Å². The van der Waals surface area contributed by atoms with Crippen LogP contribution in [0.1, 0.15) is 37.0 Å². The van der Waals surface area contributed by atoms with E-state index in [0.717, 1.165) is 10.9 Å². The zero-order chi connectivity index (χ0) is 17.6. The van der Waals surface area contributed by atoms with Gasteiger partial charge in [-0.3, -0.25) is 4.79 Å². The highest BCUT2D eigenvalue weighted by molar-refractivity contribution is 5.90. The number of carbonyl (C=O) groups is 1. The summed E-state index contributed by atoms with van der Waals surface area (Å²) in [5.41, 5.74) is 1.41. The number of methoxy groups -OCH3 is 1. The van der Waals surface area contributed by atoms with Crippen molar-refractivity contribution in [3.8, 4) is 5.75 Å². The number of hydrogen-bond donors (Lipinski definition) is 2. The number of hydrogen-bond acceptors (Lipinski definition) is 6. The molecule has 6 nitrogen and oxygen atoms in total. The second-order valence-corrected chi connectivity index (χ2v) is 7.54. The average molecular weight is 344 g/mol. The Kier molecular flexibility index (Phi) is 2.85. The standard InChI is InChI=1S/C19H20O6/c1-9-12(20)3-5-18-8-25-19(22,16(9)18)17(21)14-11(18)7-13(23-2)10-4-6-24-15(10)14/h4,6-7,9,16-17,21-22H,3,5,8H2,1-2H3/t9-,16+,17-,18+,19+/m1/s1. The van der Waals surface area contributed by atoms with Gasteiger partial charge in [0.25, 0.3) is 0 Å². The van der Waals surface area contributed by atoms with E-state index in [-0.39, 0.29) is 18.3 Å². The molecule has 2 fully saturated rings. The van der Waals surface area contributed by atoms with Gasteiger partial charge in [0.2, 0.25) is 5.79 Å². The number of aliphatic hydroxyl groups excluding tert-OH is 1. The largest absolute Gasteiger partial charge is 0.496 e. The Bertz CT molecular complexity index is 901. The first kappa shape index (κ1) is 15.4. The summed E-state index contributed by atoms with van der Waals surface area (Å²) >= 11 is 0. The maximum Gasteiger partial charge on any atom is 0.201 e. The molecule has 0 unspecified atom stereocenters.